The van der Waals surface area contributed by atoms with Gasteiger partial charge in [0.05, 0.1) is 11.0 Å². The molecule has 0 aliphatic carbocycles. The van der Waals surface area contributed by atoms with Crippen molar-refractivity contribution in [2.75, 3.05) is 0 Å². The third-order valence-electron chi connectivity index (χ3n) is 3.41. The number of benzene rings is 1. The Morgan fingerprint density at radius 1 is 1.22 bits per heavy atom. The van der Waals surface area contributed by atoms with E-state index in [2.05, 4.69) is 18.0 Å². The largest absolute Gasteiger partial charge is 0.330 e. The summed E-state index contributed by atoms with van der Waals surface area (Å²) in [5.41, 5.74) is 3.17. The van der Waals surface area contributed by atoms with Crippen LogP contribution in [0.1, 0.15) is 25.3 Å². The van der Waals surface area contributed by atoms with Crippen molar-refractivity contribution in [2.45, 2.75) is 26.2 Å². The fraction of sp³-hybridized carbons (Fsp3) is 0.267. The fourth-order valence-electron chi connectivity index (χ4n) is 2.46. The number of hydrogen-bond donors (Lipinski definition) is 1. The van der Waals surface area contributed by atoms with E-state index >= 15 is 0 Å². The Morgan fingerprint density at radius 2 is 2.06 bits per heavy atom. The van der Waals surface area contributed by atoms with Crippen molar-refractivity contribution in [3.63, 3.8) is 0 Å². The Morgan fingerprint density at radius 3 is 2.89 bits per heavy atom. The number of hydrogen-bond acceptors (Lipinski definition) is 1. The van der Waals surface area contributed by atoms with Gasteiger partial charge in [0.25, 0.3) is 0 Å². The molecule has 0 radical (unpaired) electrons. The highest BCUT2D eigenvalue weighted by Gasteiger charge is 2.08. The van der Waals surface area contributed by atoms with Crippen molar-refractivity contribution in [2.24, 2.45) is 0 Å². The highest BCUT2D eigenvalue weighted by Crippen LogP contribution is 2.21. The van der Waals surface area contributed by atoms with Crippen molar-refractivity contribution in [1.29, 1.82) is 0 Å². The molecule has 3 rings (SSSR count). The topological polar surface area (TPSA) is 37.3 Å². The Balaban J connectivity index is 2.34. The van der Waals surface area contributed by atoms with Gasteiger partial charge in [0.1, 0.15) is 0 Å². The van der Waals surface area contributed by atoms with Gasteiger partial charge in [-0.15, -0.1) is 0 Å². The maximum Gasteiger partial charge on any atom is 0.330 e. The van der Waals surface area contributed by atoms with Gasteiger partial charge in [0.15, 0.2) is 0 Å². The molecule has 3 nitrogen and oxygen atoms in total. The molecule has 92 valence electrons. The second-order valence-electron chi connectivity index (χ2n) is 4.65. The van der Waals surface area contributed by atoms with Crippen LogP contribution in [0.15, 0.2) is 41.3 Å². The molecule has 3 heteroatoms. The van der Waals surface area contributed by atoms with Gasteiger partial charge in [-0.25, -0.2) is 4.79 Å². The predicted molar refractivity (Wildman–Crippen MR) is 74.1 cm³/mol. The summed E-state index contributed by atoms with van der Waals surface area (Å²) in [5.74, 6) is 0. The molecule has 2 aromatic heterocycles. The minimum Gasteiger partial charge on any atom is -0.314 e. The molecule has 0 bridgehead atoms. The summed E-state index contributed by atoms with van der Waals surface area (Å²) in [6.45, 7) is 2.18. The van der Waals surface area contributed by atoms with E-state index in [-0.39, 0.29) is 5.69 Å². The normalized spacial score (nSPS) is 11.4. The van der Waals surface area contributed by atoms with Crippen molar-refractivity contribution in [1.82, 2.24) is 9.38 Å². The Bertz CT molecular complexity index is 752. The number of aromatic nitrogens is 2. The van der Waals surface area contributed by atoms with Crippen LogP contribution in [0.25, 0.3) is 16.4 Å². The van der Waals surface area contributed by atoms with Crippen LogP contribution in [-0.2, 0) is 6.42 Å². The molecule has 0 saturated heterocycles. The maximum atomic E-state index is 12.0. The highest BCUT2D eigenvalue weighted by molar-refractivity contribution is 5.87. The zero-order chi connectivity index (χ0) is 12.5. The van der Waals surface area contributed by atoms with Crippen LogP contribution in [0.4, 0.5) is 0 Å². The summed E-state index contributed by atoms with van der Waals surface area (Å²) in [6, 6.07) is 10.1. The minimum atomic E-state index is -0.0635. The first-order valence-corrected chi connectivity index (χ1v) is 6.42. The van der Waals surface area contributed by atoms with E-state index in [0.29, 0.717) is 0 Å². The number of H-pyrrole nitrogens is 1. The molecule has 0 spiro atoms. The van der Waals surface area contributed by atoms with Gasteiger partial charge < -0.3 is 4.98 Å². The zero-order valence-corrected chi connectivity index (χ0v) is 10.4. The third-order valence-corrected chi connectivity index (χ3v) is 3.41. The predicted octanol–water partition coefficient (Wildman–Crippen LogP) is 3.12. The molecular formula is C15H16N2O. The molecule has 0 aliphatic rings. The van der Waals surface area contributed by atoms with E-state index in [0.717, 1.165) is 35.7 Å². The molecule has 0 fully saturated rings. The summed E-state index contributed by atoms with van der Waals surface area (Å²) in [5, 5.41) is 1.12. The lowest BCUT2D eigenvalue weighted by atomic mass is 10.1. The van der Waals surface area contributed by atoms with Crippen LogP contribution in [0.3, 0.4) is 0 Å². The maximum absolute atomic E-state index is 12.0. The van der Waals surface area contributed by atoms with Crippen LogP contribution in [0.2, 0.25) is 0 Å². The molecule has 0 saturated carbocycles. The van der Waals surface area contributed by atoms with E-state index in [1.54, 1.807) is 4.40 Å². The summed E-state index contributed by atoms with van der Waals surface area (Å²) in [4.78, 5) is 14.8. The monoisotopic (exact) mass is 240 g/mol. The first kappa shape index (κ1) is 11.1. The number of fused-ring (bicyclic) bond motifs is 3. The van der Waals surface area contributed by atoms with Crippen LogP contribution in [-0.4, -0.2) is 9.38 Å². The number of aromatic amines is 1. The molecular weight excluding hydrogens is 224 g/mol. The van der Waals surface area contributed by atoms with Gasteiger partial charge in [0.2, 0.25) is 0 Å². The number of nitrogens with zero attached hydrogens (tertiary/aromatic N) is 1. The fourth-order valence-corrected chi connectivity index (χ4v) is 2.46. The average Bonchev–Trinajstić information content (AvgIpc) is 2.78. The lowest BCUT2D eigenvalue weighted by molar-refractivity contribution is 0.790. The van der Waals surface area contributed by atoms with Gasteiger partial charge in [-0.2, -0.15) is 0 Å². The molecule has 0 unspecified atom stereocenters. The van der Waals surface area contributed by atoms with Gasteiger partial charge in [-0.1, -0.05) is 31.5 Å². The van der Waals surface area contributed by atoms with E-state index in [1.807, 2.05) is 30.5 Å². The molecule has 1 aromatic carbocycles. The van der Waals surface area contributed by atoms with E-state index < -0.39 is 0 Å². The van der Waals surface area contributed by atoms with Crippen LogP contribution < -0.4 is 5.69 Å². The summed E-state index contributed by atoms with van der Waals surface area (Å²) in [6.07, 6.45) is 5.16. The quantitative estimate of drug-likeness (QED) is 0.750. The van der Waals surface area contributed by atoms with Gasteiger partial charge in [-0.3, -0.25) is 4.40 Å². The van der Waals surface area contributed by atoms with Crippen molar-refractivity contribution >= 4 is 16.4 Å². The van der Waals surface area contributed by atoms with E-state index in [4.69, 9.17) is 0 Å². The first-order chi connectivity index (χ1) is 8.81. The van der Waals surface area contributed by atoms with Gasteiger partial charge >= 0.3 is 5.69 Å². The Labute approximate surface area is 105 Å². The lowest BCUT2D eigenvalue weighted by Crippen LogP contribution is -2.16. The number of para-hydroxylation sites is 1. The number of aryl methyl sites for hydroxylation is 1. The number of nitrogens with one attached hydrogen (secondary N) is 1. The second kappa shape index (κ2) is 4.33. The standard InChI is InChI=1S/C15H16N2O/c1-2-3-6-12-10-16-15(18)17-13-8-5-4-7-11(13)9-14(12)17/h4-5,7-10H,2-3,6H2,1H3,(H,16,18). The number of unbranched alkanes of at least 4 members (excludes halogenated alkanes) is 1. The molecule has 2 heterocycles. The van der Waals surface area contributed by atoms with Crippen molar-refractivity contribution < 1.29 is 0 Å². The molecule has 0 aliphatic heterocycles. The first-order valence-electron chi connectivity index (χ1n) is 6.42. The van der Waals surface area contributed by atoms with Gasteiger partial charge in [0, 0.05) is 11.6 Å². The van der Waals surface area contributed by atoms with Crippen molar-refractivity contribution in [3.05, 3.63) is 52.6 Å². The molecule has 3 aromatic rings. The van der Waals surface area contributed by atoms with Crippen molar-refractivity contribution in [3.8, 4) is 0 Å². The zero-order valence-electron chi connectivity index (χ0n) is 10.4. The van der Waals surface area contributed by atoms with Crippen LogP contribution in [0, 0.1) is 0 Å². The summed E-state index contributed by atoms with van der Waals surface area (Å²) >= 11 is 0. The van der Waals surface area contributed by atoms with E-state index in [1.165, 1.54) is 5.56 Å². The molecule has 18 heavy (non-hydrogen) atoms. The SMILES string of the molecule is CCCCc1c[nH]c(=O)n2c1cc1ccccc12. The molecule has 0 atom stereocenters. The number of rotatable bonds is 3. The smallest absolute Gasteiger partial charge is 0.314 e. The van der Waals surface area contributed by atoms with Crippen LogP contribution >= 0.6 is 0 Å². The van der Waals surface area contributed by atoms with Crippen LogP contribution in [0.5, 0.6) is 0 Å². The molecule has 1 N–H and O–H groups in total. The lowest BCUT2D eigenvalue weighted by Gasteiger charge is -2.03. The average molecular weight is 240 g/mol. The molecule has 0 amide bonds. The van der Waals surface area contributed by atoms with E-state index in [9.17, 15) is 4.79 Å². The summed E-state index contributed by atoms with van der Waals surface area (Å²) < 4.78 is 1.78. The Hall–Kier alpha value is -2.03. The second-order valence-corrected chi connectivity index (χ2v) is 4.65. The minimum absolute atomic E-state index is 0.0635. The Kier molecular flexibility index (Phi) is 2.67. The highest BCUT2D eigenvalue weighted by atomic mass is 16.1. The van der Waals surface area contributed by atoms with Gasteiger partial charge in [-0.05, 0) is 30.5 Å². The summed E-state index contributed by atoms with van der Waals surface area (Å²) in [7, 11) is 0. The third kappa shape index (κ3) is 1.63.